The van der Waals surface area contributed by atoms with Crippen molar-refractivity contribution in [3.05, 3.63) is 23.7 Å². The molecule has 5 heteroatoms. The van der Waals surface area contributed by atoms with E-state index in [1.165, 1.54) is 32.1 Å². The average Bonchev–Trinajstić information content (AvgIpc) is 2.86. The van der Waals surface area contributed by atoms with Crippen LogP contribution in [0.15, 0.2) is 16.5 Å². The second-order valence-corrected chi connectivity index (χ2v) is 6.05. The first kappa shape index (κ1) is 14.9. The second-order valence-electron chi connectivity index (χ2n) is 5.07. The van der Waals surface area contributed by atoms with E-state index in [0.717, 1.165) is 18.2 Å². The number of halogens is 2. The van der Waals surface area contributed by atoms with E-state index in [0.29, 0.717) is 24.1 Å². The first-order chi connectivity index (χ1) is 9.24. The molecule has 0 amide bonds. The lowest BCUT2D eigenvalue weighted by atomic mass is 9.89. The molecule has 0 bridgehead atoms. The Kier molecular flexibility index (Phi) is 6.17. The largest absolute Gasteiger partial charge is 0.464 e. The molecule has 0 aromatic carbocycles. The summed E-state index contributed by atoms with van der Waals surface area (Å²) in [5.74, 6) is 0.149. The highest BCUT2D eigenvalue weighted by atomic mass is 32.2. The number of rotatable bonds is 7. The molecular formula is C14H21F2NOS. The maximum absolute atomic E-state index is 12.0. The predicted octanol–water partition coefficient (Wildman–Crippen LogP) is 4.41. The highest BCUT2D eigenvalue weighted by molar-refractivity contribution is 7.98. The van der Waals surface area contributed by atoms with E-state index in [-0.39, 0.29) is 5.75 Å². The van der Waals surface area contributed by atoms with Gasteiger partial charge in [-0.05, 0) is 37.4 Å². The molecule has 0 unspecified atom stereocenters. The average molecular weight is 289 g/mol. The summed E-state index contributed by atoms with van der Waals surface area (Å²) in [5, 5.41) is 3.40. The van der Waals surface area contributed by atoms with Crippen LogP contribution in [-0.4, -0.2) is 12.3 Å². The number of nitrogens with one attached hydrogen (secondary N) is 1. The molecule has 19 heavy (non-hydrogen) atoms. The van der Waals surface area contributed by atoms with Gasteiger partial charge in [0.15, 0.2) is 0 Å². The molecule has 0 radical (unpaired) electrons. The van der Waals surface area contributed by atoms with Gasteiger partial charge < -0.3 is 9.73 Å². The summed E-state index contributed by atoms with van der Waals surface area (Å²) in [4.78, 5) is 0. The van der Waals surface area contributed by atoms with Crippen molar-refractivity contribution in [3.63, 3.8) is 0 Å². The lowest BCUT2D eigenvalue weighted by Gasteiger charge is -2.21. The van der Waals surface area contributed by atoms with Gasteiger partial charge in [0.2, 0.25) is 0 Å². The van der Waals surface area contributed by atoms with Crippen molar-refractivity contribution >= 4 is 11.8 Å². The summed E-state index contributed by atoms with van der Waals surface area (Å²) < 4.78 is 29.6. The van der Waals surface area contributed by atoms with Gasteiger partial charge >= 0.3 is 0 Å². The van der Waals surface area contributed by atoms with Crippen molar-refractivity contribution in [2.24, 2.45) is 5.92 Å². The van der Waals surface area contributed by atoms with Crippen molar-refractivity contribution in [2.45, 2.75) is 50.2 Å². The van der Waals surface area contributed by atoms with Crippen LogP contribution in [0.2, 0.25) is 0 Å². The van der Waals surface area contributed by atoms with E-state index in [9.17, 15) is 8.78 Å². The van der Waals surface area contributed by atoms with Crippen molar-refractivity contribution in [2.75, 3.05) is 6.54 Å². The third-order valence-corrected chi connectivity index (χ3v) is 4.23. The Balaban J connectivity index is 1.65. The molecule has 1 fully saturated rings. The summed E-state index contributed by atoms with van der Waals surface area (Å²) in [6, 6.07) is 3.65. The molecule has 2 nitrogen and oxygen atoms in total. The number of thioether (sulfide) groups is 1. The minimum Gasteiger partial charge on any atom is -0.464 e. The lowest BCUT2D eigenvalue weighted by molar-refractivity contribution is 0.251. The molecule has 1 heterocycles. The number of alkyl halides is 2. The molecule has 0 aliphatic heterocycles. The molecular weight excluding hydrogens is 268 g/mol. The van der Waals surface area contributed by atoms with Gasteiger partial charge in [0.25, 0.3) is 5.76 Å². The quantitative estimate of drug-likeness (QED) is 0.805. The maximum atomic E-state index is 12.0. The Labute approximate surface area is 117 Å². The predicted molar refractivity (Wildman–Crippen MR) is 74.3 cm³/mol. The first-order valence-corrected chi connectivity index (χ1v) is 7.97. The van der Waals surface area contributed by atoms with E-state index in [2.05, 4.69) is 5.32 Å². The van der Waals surface area contributed by atoms with Crippen molar-refractivity contribution in [1.82, 2.24) is 5.32 Å². The standard InChI is InChI=1S/C14H21F2NOS/c15-14(16)19-10-13-7-6-12(18-13)9-17-8-11-4-2-1-3-5-11/h6-7,11,14,17H,1-5,8-10H2. The minimum atomic E-state index is -2.34. The normalized spacial score (nSPS) is 17.2. The van der Waals surface area contributed by atoms with Crippen molar-refractivity contribution in [3.8, 4) is 0 Å². The molecule has 1 aliphatic rings. The van der Waals surface area contributed by atoms with Crippen LogP contribution in [0.3, 0.4) is 0 Å². The molecule has 0 spiro atoms. The Bertz CT molecular complexity index is 364. The zero-order valence-electron chi connectivity index (χ0n) is 11.0. The molecule has 1 saturated carbocycles. The van der Waals surface area contributed by atoms with Gasteiger partial charge in [-0.3, -0.25) is 0 Å². The zero-order valence-corrected chi connectivity index (χ0v) is 11.9. The fraction of sp³-hybridized carbons (Fsp3) is 0.714. The number of hydrogen-bond donors (Lipinski definition) is 1. The summed E-state index contributed by atoms with van der Waals surface area (Å²) in [6.45, 7) is 1.72. The third kappa shape index (κ3) is 5.53. The highest BCUT2D eigenvalue weighted by Gasteiger charge is 2.13. The van der Waals surface area contributed by atoms with Crippen molar-refractivity contribution in [1.29, 1.82) is 0 Å². The van der Waals surface area contributed by atoms with Crippen LogP contribution in [-0.2, 0) is 12.3 Å². The molecule has 2 rings (SSSR count). The summed E-state index contributed by atoms with van der Waals surface area (Å²) in [5.41, 5.74) is 0. The van der Waals surface area contributed by atoms with E-state index in [1.807, 2.05) is 6.07 Å². The van der Waals surface area contributed by atoms with Crippen LogP contribution >= 0.6 is 11.8 Å². The molecule has 1 aromatic heterocycles. The lowest BCUT2D eigenvalue weighted by Crippen LogP contribution is -2.23. The smallest absolute Gasteiger partial charge is 0.284 e. The zero-order chi connectivity index (χ0) is 13.5. The Hall–Kier alpha value is -0.550. The second kappa shape index (κ2) is 7.90. The number of furan rings is 1. The van der Waals surface area contributed by atoms with Gasteiger partial charge in [-0.2, -0.15) is 8.78 Å². The van der Waals surface area contributed by atoms with Gasteiger partial charge in [-0.25, -0.2) is 0 Å². The Morgan fingerprint density at radius 1 is 1.21 bits per heavy atom. The molecule has 1 aromatic rings. The summed E-state index contributed by atoms with van der Waals surface area (Å²) in [7, 11) is 0. The Morgan fingerprint density at radius 2 is 1.95 bits per heavy atom. The molecule has 1 aliphatic carbocycles. The third-order valence-electron chi connectivity index (χ3n) is 3.53. The van der Waals surface area contributed by atoms with Gasteiger partial charge in [0.05, 0.1) is 12.3 Å². The SMILES string of the molecule is FC(F)SCc1ccc(CNCC2CCCCC2)o1. The molecule has 0 atom stereocenters. The monoisotopic (exact) mass is 289 g/mol. The van der Waals surface area contributed by atoms with E-state index >= 15 is 0 Å². The van der Waals surface area contributed by atoms with Crippen LogP contribution in [0.25, 0.3) is 0 Å². The first-order valence-electron chi connectivity index (χ1n) is 6.92. The van der Waals surface area contributed by atoms with Crippen LogP contribution in [0.1, 0.15) is 43.6 Å². The van der Waals surface area contributed by atoms with Crippen LogP contribution in [0, 0.1) is 5.92 Å². The summed E-state index contributed by atoms with van der Waals surface area (Å²) >= 11 is 0.597. The summed E-state index contributed by atoms with van der Waals surface area (Å²) in [6.07, 6.45) is 6.72. The van der Waals surface area contributed by atoms with Gasteiger partial charge in [-0.15, -0.1) is 0 Å². The highest BCUT2D eigenvalue weighted by Crippen LogP contribution is 2.23. The van der Waals surface area contributed by atoms with Crippen molar-refractivity contribution < 1.29 is 13.2 Å². The number of hydrogen-bond acceptors (Lipinski definition) is 3. The topological polar surface area (TPSA) is 25.2 Å². The molecule has 108 valence electrons. The minimum absolute atomic E-state index is 0.236. The van der Waals surface area contributed by atoms with Crippen LogP contribution in [0.4, 0.5) is 8.78 Å². The fourth-order valence-electron chi connectivity index (χ4n) is 2.53. The van der Waals surface area contributed by atoms with Crippen LogP contribution in [0.5, 0.6) is 0 Å². The molecule has 1 N–H and O–H groups in total. The van der Waals surface area contributed by atoms with E-state index in [4.69, 9.17) is 4.42 Å². The van der Waals surface area contributed by atoms with E-state index in [1.54, 1.807) is 6.07 Å². The van der Waals surface area contributed by atoms with E-state index < -0.39 is 5.76 Å². The molecule has 0 saturated heterocycles. The Morgan fingerprint density at radius 3 is 2.68 bits per heavy atom. The fourth-order valence-corrected chi connectivity index (χ4v) is 2.98. The maximum Gasteiger partial charge on any atom is 0.284 e. The van der Waals surface area contributed by atoms with Gasteiger partial charge in [-0.1, -0.05) is 31.0 Å². The van der Waals surface area contributed by atoms with Gasteiger partial charge in [0, 0.05) is 0 Å². The van der Waals surface area contributed by atoms with Crippen LogP contribution < -0.4 is 5.32 Å². The van der Waals surface area contributed by atoms with Gasteiger partial charge in [0.1, 0.15) is 11.5 Å².